The molecule has 0 bridgehead atoms. The molecule has 1 heterocycles. The van der Waals surface area contributed by atoms with Crippen LogP contribution in [0.1, 0.15) is 11.3 Å². The summed E-state index contributed by atoms with van der Waals surface area (Å²) < 4.78 is 0. The molecule has 1 N–H and O–H groups in total. The predicted octanol–water partition coefficient (Wildman–Crippen LogP) is 5.59. The Morgan fingerprint density at radius 3 is 2.30 bits per heavy atom. The van der Waals surface area contributed by atoms with Crippen LogP contribution < -0.4 is 5.32 Å². The van der Waals surface area contributed by atoms with Gasteiger partial charge in [-0.1, -0.05) is 41.9 Å². The summed E-state index contributed by atoms with van der Waals surface area (Å²) in [5.74, 6) is 1.73. The van der Waals surface area contributed by atoms with Gasteiger partial charge in [-0.15, -0.1) is 11.6 Å². The van der Waals surface area contributed by atoms with Crippen LogP contribution in [0.4, 0.5) is 11.5 Å². The summed E-state index contributed by atoms with van der Waals surface area (Å²) in [6.45, 7) is 1.94. The second-order valence-electron chi connectivity index (χ2n) is 5.09. The Bertz CT molecular complexity index is 803. The predicted molar refractivity (Wildman–Crippen MR) is 96.5 cm³/mol. The van der Waals surface area contributed by atoms with Crippen molar-refractivity contribution in [1.29, 1.82) is 0 Å². The zero-order valence-corrected chi connectivity index (χ0v) is 14.1. The second kappa shape index (κ2) is 6.99. The number of hydrogen-bond acceptors (Lipinski definition) is 3. The van der Waals surface area contributed by atoms with Crippen molar-refractivity contribution < 1.29 is 0 Å². The lowest BCUT2D eigenvalue weighted by atomic mass is 10.2. The van der Waals surface area contributed by atoms with Crippen molar-refractivity contribution in [3.63, 3.8) is 0 Å². The first-order valence-corrected chi connectivity index (χ1v) is 8.10. The Hall–Kier alpha value is -2.10. The molecule has 3 rings (SSSR count). The molecule has 23 heavy (non-hydrogen) atoms. The molecule has 0 aliphatic heterocycles. The van der Waals surface area contributed by atoms with E-state index in [-0.39, 0.29) is 0 Å². The molecule has 116 valence electrons. The highest BCUT2D eigenvalue weighted by atomic mass is 35.5. The molecule has 0 saturated heterocycles. The van der Waals surface area contributed by atoms with Crippen LogP contribution in [0.3, 0.4) is 0 Å². The monoisotopic (exact) mass is 343 g/mol. The molecule has 3 aromatic rings. The average molecular weight is 344 g/mol. The van der Waals surface area contributed by atoms with Crippen molar-refractivity contribution in [3.05, 3.63) is 70.9 Å². The van der Waals surface area contributed by atoms with Crippen LogP contribution in [-0.2, 0) is 5.88 Å². The van der Waals surface area contributed by atoms with E-state index >= 15 is 0 Å². The van der Waals surface area contributed by atoms with Gasteiger partial charge in [0.2, 0.25) is 0 Å². The van der Waals surface area contributed by atoms with Crippen LogP contribution in [0.2, 0.25) is 5.02 Å². The number of aryl methyl sites for hydroxylation is 1. The highest BCUT2D eigenvalue weighted by Crippen LogP contribution is 2.26. The molecular weight excluding hydrogens is 329 g/mol. The van der Waals surface area contributed by atoms with Gasteiger partial charge in [-0.05, 0) is 31.2 Å². The fourth-order valence-corrected chi connectivity index (χ4v) is 2.69. The summed E-state index contributed by atoms with van der Waals surface area (Å²) in [6, 6.07) is 17.3. The van der Waals surface area contributed by atoms with E-state index in [4.69, 9.17) is 23.2 Å². The number of alkyl halides is 1. The van der Waals surface area contributed by atoms with Crippen molar-refractivity contribution in [3.8, 4) is 11.4 Å². The van der Waals surface area contributed by atoms with Crippen LogP contribution >= 0.6 is 23.2 Å². The molecular formula is C18H15Cl2N3. The molecule has 1 aromatic heterocycles. The summed E-state index contributed by atoms with van der Waals surface area (Å²) in [5.41, 5.74) is 3.63. The van der Waals surface area contributed by atoms with Gasteiger partial charge >= 0.3 is 0 Å². The van der Waals surface area contributed by atoms with E-state index < -0.39 is 0 Å². The largest absolute Gasteiger partial charge is 0.340 e. The first-order chi connectivity index (χ1) is 11.2. The summed E-state index contributed by atoms with van der Waals surface area (Å²) in [7, 11) is 0. The number of hydrogen-bond donors (Lipinski definition) is 1. The highest BCUT2D eigenvalue weighted by Gasteiger charge is 2.12. The van der Waals surface area contributed by atoms with Crippen molar-refractivity contribution in [2.45, 2.75) is 12.8 Å². The van der Waals surface area contributed by atoms with Crippen molar-refractivity contribution >= 4 is 34.7 Å². The Balaban J connectivity index is 2.03. The van der Waals surface area contributed by atoms with E-state index in [0.29, 0.717) is 22.5 Å². The molecule has 0 saturated carbocycles. The van der Waals surface area contributed by atoms with Gasteiger partial charge in [-0.3, -0.25) is 0 Å². The lowest BCUT2D eigenvalue weighted by Crippen LogP contribution is -2.04. The first kappa shape index (κ1) is 15.8. The van der Waals surface area contributed by atoms with E-state index in [1.807, 2.05) is 61.5 Å². The van der Waals surface area contributed by atoms with Crippen LogP contribution in [0.15, 0.2) is 54.6 Å². The number of aromatic nitrogens is 2. The molecule has 0 aliphatic carbocycles. The van der Waals surface area contributed by atoms with Crippen LogP contribution in [-0.4, -0.2) is 9.97 Å². The third-order valence-corrected chi connectivity index (χ3v) is 4.01. The van der Waals surface area contributed by atoms with E-state index in [1.54, 1.807) is 0 Å². The van der Waals surface area contributed by atoms with Crippen molar-refractivity contribution in [2.24, 2.45) is 0 Å². The smallest absolute Gasteiger partial charge is 0.161 e. The van der Waals surface area contributed by atoms with Crippen molar-refractivity contribution in [2.75, 3.05) is 5.32 Å². The van der Waals surface area contributed by atoms with Crippen LogP contribution in [0.5, 0.6) is 0 Å². The fourth-order valence-electron chi connectivity index (χ4n) is 2.25. The lowest BCUT2D eigenvalue weighted by Gasteiger charge is -2.13. The second-order valence-corrected chi connectivity index (χ2v) is 5.80. The molecule has 5 heteroatoms. The quantitative estimate of drug-likeness (QED) is 0.627. The SMILES string of the molecule is Cc1nc(-c2ccccc2)nc(Nc2ccc(Cl)cc2)c1CCl. The van der Waals surface area contributed by atoms with Gasteiger partial charge in [0.15, 0.2) is 5.82 Å². The molecule has 0 atom stereocenters. The summed E-state index contributed by atoms with van der Waals surface area (Å²) in [6.07, 6.45) is 0. The Kier molecular flexibility index (Phi) is 4.79. The third-order valence-electron chi connectivity index (χ3n) is 3.49. The van der Waals surface area contributed by atoms with Gasteiger partial charge < -0.3 is 5.32 Å². The molecule has 0 radical (unpaired) electrons. The maximum atomic E-state index is 6.09. The molecule has 0 spiro atoms. The topological polar surface area (TPSA) is 37.8 Å². The maximum absolute atomic E-state index is 6.09. The van der Waals surface area contributed by atoms with Gasteiger partial charge in [0.25, 0.3) is 0 Å². The lowest BCUT2D eigenvalue weighted by molar-refractivity contribution is 1.06. The normalized spacial score (nSPS) is 10.6. The summed E-state index contributed by atoms with van der Waals surface area (Å²) in [5, 5.41) is 4.00. The first-order valence-electron chi connectivity index (χ1n) is 7.19. The fraction of sp³-hybridized carbons (Fsp3) is 0.111. The van der Waals surface area contributed by atoms with Gasteiger partial charge in [0, 0.05) is 27.5 Å². The zero-order chi connectivity index (χ0) is 16.2. The Morgan fingerprint density at radius 1 is 0.957 bits per heavy atom. The highest BCUT2D eigenvalue weighted by molar-refractivity contribution is 6.30. The summed E-state index contributed by atoms with van der Waals surface area (Å²) >= 11 is 12.0. The van der Waals surface area contributed by atoms with Gasteiger partial charge in [0.1, 0.15) is 5.82 Å². The van der Waals surface area contributed by atoms with Crippen LogP contribution in [0.25, 0.3) is 11.4 Å². The molecule has 0 amide bonds. The summed E-state index contributed by atoms with van der Waals surface area (Å²) in [4.78, 5) is 9.23. The maximum Gasteiger partial charge on any atom is 0.161 e. The van der Waals surface area contributed by atoms with E-state index in [9.17, 15) is 0 Å². The van der Waals surface area contributed by atoms with Gasteiger partial charge in [0.05, 0.1) is 5.88 Å². The number of nitrogens with one attached hydrogen (secondary N) is 1. The van der Waals surface area contributed by atoms with Gasteiger partial charge in [-0.25, -0.2) is 9.97 Å². The number of nitrogens with zero attached hydrogens (tertiary/aromatic N) is 2. The molecule has 0 unspecified atom stereocenters. The third kappa shape index (κ3) is 3.63. The van der Waals surface area contributed by atoms with E-state index in [1.165, 1.54) is 0 Å². The number of anilines is 2. The van der Waals surface area contributed by atoms with E-state index in [0.717, 1.165) is 22.5 Å². The van der Waals surface area contributed by atoms with Gasteiger partial charge in [-0.2, -0.15) is 0 Å². The van der Waals surface area contributed by atoms with Crippen LogP contribution in [0, 0.1) is 6.92 Å². The minimum Gasteiger partial charge on any atom is -0.340 e. The molecule has 0 fully saturated rings. The zero-order valence-electron chi connectivity index (χ0n) is 12.6. The molecule has 2 aromatic carbocycles. The number of rotatable bonds is 4. The minimum atomic E-state index is 0.344. The Labute approximate surface area is 145 Å². The average Bonchev–Trinajstić information content (AvgIpc) is 2.57. The van der Waals surface area contributed by atoms with E-state index in [2.05, 4.69) is 15.3 Å². The number of halogens is 2. The molecule has 0 aliphatic rings. The standard InChI is InChI=1S/C18H15Cl2N3/c1-12-16(11-19)18(22-15-9-7-14(20)8-10-15)23-17(21-12)13-5-3-2-4-6-13/h2-10H,11H2,1H3,(H,21,22,23). The molecule has 3 nitrogen and oxygen atoms in total. The number of benzene rings is 2. The van der Waals surface area contributed by atoms with Crippen molar-refractivity contribution in [1.82, 2.24) is 9.97 Å². The minimum absolute atomic E-state index is 0.344. The Morgan fingerprint density at radius 2 is 1.65 bits per heavy atom.